The lowest BCUT2D eigenvalue weighted by molar-refractivity contribution is -0.158. The SMILES string of the molecule is CC(=O)Cl.CC(=O)NC[C@@]12Cc3c(N(C)C)ccc(O)c3C(O)=C1C(=O)[C@]1(O)C(O)=C(C(N)=O)C(=O)[C@@H](N(C)C)[C@@H]1C2.CN(C)c1ccc(O)c2c1C[C@@]1(CN)C[C@H]3[C@H](N(C)C)C(=O)C(C(N)=O)=C(O)[C@@]3(O)C(=O)C1=C2O. The Morgan fingerprint density at radius 1 is 0.623 bits per heavy atom. The van der Waals surface area contributed by atoms with Crippen LogP contribution in [0, 0.1) is 22.7 Å². The Balaban J connectivity index is 0.000000234. The average molecular weight is 1090 g/mol. The number of nitrogens with two attached hydrogens (primary N) is 3. The van der Waals surface area contributed by atoms with Crippen LogP contribution in [0.25, 0.3) is 11.5 Å². The third kappa shape index (κ3) is 9.04. The van der Waals surface area contributed by atoms with Gasteiger partial charge in [-0.3, -0.25) is 48.2 Å². The number of carbonyl (C=O) groups is 8. The lowest BCUT2D eigenvalue weighted by atomic mass is 9.51. The van der Waals surface area contributed by atoms with Crippen LogP contribution in [-0.2, 0) is 51.2 Å². The van der Waals surface area contributed by atoms with Gasteiger partial charge in [-0.2, -0.15) is 0 Å². The third-order valence-corrected chi connectivity index (χ3v) is 15.6. The largest absolute Gasteiger partial charge is 0.508 e. The number of aromatic hydroxyl groups is 2. The van der Waals surface area contributed by atoms with Crippen LogP contribution in [-0.4, -0.2) is 190 Å². The van der Waals surface area contributed by atoms with E-state index in [-0.39, 0.29) is 77.8 Å². The minimum absolute atomic E-state index is 0.0188. The molecule has 0 aromatic heterocycles. The summed E-state index contributed by atoms with van der Waals surface area (Å²) >= 11 is 4.64. The van der Waals surface area contributed by atoms with E-state index >= 15 is 0 Å². The van der Waals surface area contributed by atoms with E-state index in [4.69, 9.17) is 17.2 Å². The summed E-state index contributed by atoms with van der Waals surface area (Å²) < 4.78 is 0. The number of primary amides is 2. The van der Waals surface area contributed by atoms with Gasteiger partial charge in [-0.05, 0) is 101 Å². The van der Waals surface area contributed by atoms with Gasteiger partial charge in [0.2, 0.25) is 22.7 Å². The number of rotatable bonds is 9. The molecule has 0 unspecified atom stereocenters. The summed E-state index contributed by atoms with van der Waals surface area (Å²) in [7, 11) is 13.3. The Labute approximate surface area is 447 Å². The number of aliphatic hydroxyl groups excluding tert-OH is 4. The van der Waals surface area contributed by atoms with Gasteiger partial charge in [-0.15, -0.1) is 0 Å². The minimum atomic E-state index is -2.78. The van der Waals surface area contributed by atoms with E-state index in [0.717, 1.165) is 0 Å². The van der Waals surface area contributed by atoms with Gasteiger partial charge in [0.1, 0.15) is 45.7 Å². The third-order valence-electron chi connectivity index (χ3n) is 15.6. The number of nitrogens with one attached hydrogen (secondary N) is 1. The first-order valence-electron chi connectivity index (χ1n) is 24.0. The van der Waals surface area contributed by atoms with Gasteiger partial charge in [0.05, 0.1) is 23.2 Å². The van der Waals surface area contributed by atoms with Crippen molar-refractivity contribution in [3.63, 3.8) is 0 Å². The van der Waals surface area contributed by atoms with E-state index in [1.165, 1.54) is 49.9 Å². The number of amides is 3. The van der Waals surface area contributed by atoms with Crippen LogP contribution in [0.1, 0.15) is 48.9 Å². The highest BCUT2D eigenvalue weighted by atomic mass is 35.5. The fourth-order valence-electron chi connectivity index (χ4n) is 12.4. The zero-order chi connectivity index (χ0) is 58.3. The number of phenolic OH excluding ortho intramolecular Hbond substituents is 2. The van der Waals surface area contributed by atoms with Crippen LogP contribution < -0.4 is 32.3 Å². The second kappa shape index (κ2) is 20.5. The predicted molar refractivity (Wildman–Crippen MR) is 279 cm³/mol. The van der Waals surface area contributed by atoms with Crippen molar-refractivity contribution >= 4 is 80.6 Å². The first-order valence-corrected chi connectivity index (χ1v) is 24.4. The zero-order valence-corrected chi connectivity index (χ0v) is 44.9. The highest BCUT2D eigenvalue weighted by Crippen LogP contribution is 2.61. The highest BCUT2D eigenvalue weighted by molar-refractivity contribution is 6.62. The number of Topliss-reactive ketones (excluding diaryl/α,β-unsaturated/α-hetero) is 4. The average Bonchev–Trinajstić information content (AvgIpc) is 3.33. The van der Waals surface area contributed by atoms with Gasteiger partial charge in [0, 0.05) is 100 Å². The highest BCUT2D eigenvalue weighted by Gasteiger charge is 2.69. The zero-order valence-electron chi connectivity index (χ0n) is 44.1. The molecule has 24 nitrogen and oxygen atoms in total. The molecule has 25 heteroatoms. The van der Waals surface area contributed by atoms with Gasteiger partial charge in [0.25, 0.3) is 11.8 Å². The van der Waals surface area contributed by atoms with E-state index in [1.54, 1.807) is 64.2 Å². The Morgan fingerprint density at radius 2 is 0.961 bits per heavy atom. The number of hydrogen-bond acceptors (Lipinski definition) is 21. The van der Waals surface area contributed by atoms with Crippen molar-refractivity contribution in [1.82, 2.24) is 15.1 Å². The first kappa shape index (κ1) is 58.9. The van der Waals surface area contributed by atoms with Crippen LogP contribution >= 0.6 is 11.6 Å². The number of benzene rings is 2. The molecule has 2 saturated carbocycles. The number of phenols is 2. The maximum Gasteiger partial charge on any atom is 0.255 e. The normalized spacial score (nSPS) is 28.2. The van der Waals surface area contributed by atoms with Crippen molar-refractivity contribution in [2.45, 2.75) is 62.8 Å². The molecule has 3 amide bonds. The summed E-state index contributed by atoms with van der Waals surface area (Å²) in [6, 6.07) is 3.67. The molecular formula is C52H65ClN8O16. The molecule has 0 spiro atoms. The van der Waals surface area contributed by atoms with E-state index < -0.39 is 121 Å². The molecule has 6 aliphatic carbocycles. The molecule has 15 N–H and O–H groups in total. The molecule has 0 aliphatic heterocycles. The number of fused-ring (bicyclic) bond motifs is 6. The van der Waals surface area contributed by atoms with Gasteiger partial charge in [-0.25, -0.2) is 0 Å². The molecule has 6 aliphatic rings. The van der Waals surface area contributed by atoms with Crippen molar-refractivity contribution in [2.24, 2.45) is 39.9 Å². The summed E-state index contributed by atoms with van der Waals surface area (Å²) in [5.74, 6) is -13.4. The summed E-state index contributed by atoms with van der Waals surface area (Å²) in [5, 5.41) is 92.0. The summed E-state index contributed by atoms with van der Waals surface area (Å²) in [6.45, 7) is 2.30. The van der Waals surface area contributed by atoms with E-state index in [0.29, 0.717) is 22.5 Å². The van der Waals surface area contributed by atoms with Crippen LogP contribution in [0.3, 0.4) is 0 Å². The van der Waals surface area contributed by atoms with Crippen LogP contribution in [0.2, 0.25) is 0 Å². The predicted octanol–water partition coefficient (Wildman–Crippen LogP) is -0.333. The number of halogens is 1. The van der Waals surface area contributed by atoms with Crippen molar-refractivity contribution in [3.8, 4) is 11.5 Å². The van der Waals surface area contributed by atoms with Crippen LogP contribution in [0.5, 0.6) is 11.5 Å². The van der Waals surface area contributed by atoms with Crippen molar-refractivity contribution in [3.05, 3.63) is 80.3 Å². The monoisotopic (exact) mass is 1090 g/mol. The number of ketones is 4. The Kier molecular flexibility index (Phi) is 15.7. The van der Waals surface area contributed by atoms with E-state index in [2.05, 4.69) is 16.9 Å². The molecular weight excluding hydrogens is 1030 g/mol. The molecule has 77 heavy (non-hydrogen) atoms. The summed E-state index contributed by atoms with van der Waals surface area (Å²) in [4.78, 5) is 107. The molecule has 0 bridgehead atoms. The number of hydrogen-bond donors (Lipinski definition) is 12. The van der Waals surface area contributed by atoms with Gasteiger partial charge in [0.15, 0.2) is 22.8 Å². The Bertz CT molecular complexity index is 3090. The van der Waals surface area contributed by atoms with Gasteiger partial charge in [-0.1, -0.05) is 0 Å². The van der Waals surface area contributed by atoms with Crippen LogP contribution in [0.15, 0.2) is 58.1 Å². The summed E-state index contributed by atoms with van der Waals surface area (Å²) in [6.07, 6.45) is -0.0525. The minimum Gasteiger partial charge on any atom is -0.508 e. The second-order valence-electron chi connectivity index (χ2n) is 21.2. The molecule has 0 saturated heterocycles. The molecule has 2 fully saturated rings. The molecule has 2 aromatic carbocycles. The molecule has 2 aromatic rings. The standard InChI is InChI=1S/C26H32N4O8.C24H30N4O7.C2H3ClO/c1-11(31)28-10-25-8-12-14(29(2)3)6-7-15(32)16(12)20(33)18(25)23(36)26(38)13(9-25)19(30(4)5)21(34)17(22(26)35)24(27)37;1-27(2)12-5-6-13(29)14-10(12)7-23(9-25)8-11-17(28(3)4)19(31)15(22(26)34)20(32)24(11,35)21(33)16(23)18(14)30;1-2(3)4/h6-7,13,19,32-33,35,38H,8-10H2,1-5H3,(H2,27,37)(H,28,31);5-6,11,17,29-30,32,35H,7-9,25H2,1-4H3,(H2,26,34);1H3/t13-,19-,25-,26+;11-,17-,23-,24+;/m00./s1. The molecule has 416 valence electrons. The number of nitrogens with zero attached hydrogens (tertiary/aromatic N) is 4. The number of carbonyl (C=O) groups excluding carboxylic acids is 8. The second-order valence-corrected chi connectivity index (χ2v) is 21.7. The topological polar surface area (TPSA) is 401 Å². The lowest BCUT2D eigenvalue weighted by Crippen LogP contribution is -2.68. The van der Waals surface area contributed by atoms with E-state index in [1.807, 2.05) is 0 Å². The Hall–Kier alpha value is -7.35. The summed E-state index contributed by atoms with van der Waals surface area (Å²) in [5.41, 5.74) is 8.94. The lowest BCUT2D eigenvalue weighted by Gasteiger charge is -2.55. The van der Waals surface area contributed by atoms with Gasteiger partial charge < -0.3 is 73.2 Å². The number of aliphatic hydroxyl groups is 6. The van der Waals surface area contributed by atoms with Crippen molar-refractivity contribution < 1.29 is 79.2 Å². The molecule has 8 rings (SSSR count). The van der Waals surface area contributed by atoms with Crippen LogP contribution in [0.4, 0.5) is 11.4 Å². The first-order chi connectivity index (χ1) is 35.6. The fourth-order valence-corrected chi connectivity index (χ4v) is 12.4. The van der Waals surface area contributed by atoms with Crippen molar-refractivity contribution in [1.29, 1.82) is 0 Å². The number of likely N-dealkylation sites (N-methyl/N-ethyl adjacent to an activating group) is 2. The van der Waals surface area contributed by atoms with Gasteiger partial charge >= 0.3 is 0 Å². The fraction of sp³-hybridized carbons (Fsp3) is 0.462. The van der Waals surface area contributed by atoms with Crippen molar-refractivity contribution in [2.75, 3.05) is 79.3 Å². The molecule has 8 atom stereocenters. The Morgan fingerprint density at radius 3 is 1.27 bits per heavy atom. The maximum atomic E-state index is 14.2. The maximum absolute atomic E-state index is 14.2. The number of anilines is 2. The quantitative estimate of drug-likeness (QED) is 0.113. The smallest absolute Gasteiger partial charge is 0.255 e. The molecule has 0 radical (unpaired) electrons. The molecule has 0 heterocycles. The van der Waals surface area contributed by atoms with E-state index in [9.17, 15) is 79.2 Å².